The van der Waals surface area contributed by atoms with E-state index in [1.165, 1.54) is 38.2 Å². The topological polar surface area (TPSA) is 47.1 Å². The first-order valence-electron chi connectivity index (χ1n) is 5.81. The van der Waals surface area contributed by atoms with Crippen molar-refractivity contribution >= 4 is 17.6 Å². The van der Waals surface area contributed by atoms with Gasteiger partial charge in [0, 0.05) is 31.6 Å². The maximum atomic E-state index is 5.63. The fourth-order valence-corrected chi connectivity index (χ4v) is 2.62. The van der Waals surface area contributed by atoms with Gasteiger partial charge in [0.05, 0.1) is 6.04 Å². The van der Waals surface area contributed by atoms with Crippen LogP contribution < -0.4 is 5.73 Å². The molecule has 4 nitrogen and oxygen atoms in total. The van der Waals surface area contributed by atoms with Crippen LogP contribution in [-0.4, -0.2) is 46.3 Å². The van der Waals surface area contributed by atoms with Crippen molar-refractivity contribution in [1.82, 2.24) is 14.7 Å². The molecule has 1 aliphatic heterocycles. The molecule has 0 atom stereocenters. The van der Waals surface area contributed by atoms with Gasteiger partial charge in [0.15, 0.2) is 0 Å². The van der Waals surface area contributed by atoms with Crippen molar-refractivity contribution in [1.29, 1.82) is 0 Å². The predicted octanol–water partition coefficient (Wildman–Crippen LogP) is 1.47. The van der Waals surface area contributed by atoms with Crippen molar-refractivity contribution in [3.63, 3.8) is 0 Å². The molecule has 1 aromatic heterocycles. The van der Waals surface area contributed by atoms with E-state index in [0.717, 1.165) is 0 Å². The Kier molecular flexibility index (Phi) is 4.12. The SMILES string of the molecule is CSCCN1CCC(n2ccc(N)n2)CC1. The second kappa shape index (κ2) is 5.59. The summed E-state index contributed by atoms with van der Waals surface area (Å²) in [6.07, 6.45) is 6.54. The van der Waals surface area contributed by atoms with E-state index in [2.05, 4.69) is 16.3 Å². The van der Waals surface area contributed by atoms with Crippen LogP contribution in [0.1, 0.15) is 18.9 Å². The van der Waals surface area contributed by atoms with Gasteiger partial charge in [0.25, 0.3) is 0 Å². The van der Waals surface area contributed by atoms with Crippen molar-refractivity contribution in [3.05, 3.63) is 12.3 Å². The molecule has 0 radical (unpaired) electrons. The molecule has 5 heteroatoms. The molecule has 0 bridgehead atoms. The summed E-state index contributed by atoms with van der Waals surface area (Å²) in [5.74, 6) is 1.86. The number of rotatable bonds is 4. The number of anilines is 1. The van der Waals surface area contributed by atoms with Gasteiger partial charge in [-0.15, -0.1) is 0 Å². The number of hydrogen-bond donors (Lipinski definition) is 1. The van der Waals surface area contributed by atoms with Crippen LogP contribution in [0.25, 0.3) is 0 Å². The Morgan fingerprint density at radius 3 is 2.81 bits per heavy atom. The molecule has 2 N–H and O–H groups in total. The molecule has 0 aromatic carbocycles. The number of likely N-dealkylation sites (tertiary alicyclic amines) is 1. The zero-order valence-corrected chi connectivity index (χ0v) is 10.6. The molecule has 0 spiro atoms. The van der Waals surface area contributed by atoms with Gasteiger partial charge in [0.2, 0.25) is 0 Å². The predicted molar refractivity (Wildman–Crippen MR) is 69.7 cm³/mol. The Balaban J connectivity index is 1.81. The smallest absolute Gasteiger partial charge is 0.145 e. The minimum absolute atomic E-state index is 0.544. The second-order valence-electron chi connectivity index (χ2n) is 4.29. The lowest BCUT2D eigenvalue weighted by Crippen LogP contribution is -2.36. The molecule has 1 aliphatic rings. The number of thioether (sulfide) groups is 1. The summed E-state index contributed by atoms with van der Waals surface area (Å²) in [4.78, 5) is 2.54. The van der Waals surface area contributed by atoms with E-state index in [-0.39, 0.29) is 0 Å². The minimum atomic E-state index is 0.544. The third-order valence-corrected chi connectivity index (χ3v) is 3.76. The Hall–Kier alpha value is -0.680. The molecule has 16 heavy (non-hydrogen) atoms. The first kappa shape index (κ1) is 11.8. The van der Waals surface area contributed by atoms with Gasteiger partial charge in [-0.05, 0) is 25.2 Å². The van der Waals surface area contributed by atoms with Gasteiger partial charge in [-0.1, -0.05) is 0 Å². The molecule has 0 saturated carbocycles. The van der Waals surface area contributed by atoms with Crippen LogP contribution in [0.3, 0.4) is 0 Å². The van der Waals surface area contributed by atoms with Crippen molar-refractivity contribution in [2.24, 2.45) is 0 Å². The number of nitrogens with two attached hydrogens (primary N) is 1. The van der Waals surface area contributed by atoms with Crippen molar-refractivity contribution in [2.45, 2.75) is 18.9 Å². The third kappa shape index (κ3) is 2.92. The van der Waals surface area contributed by atoms with E-state index in [1.807, 2.05) is 28.7 Å². The van der Waals surface area contributed by atoms with E-state index in [4.69, 9.17) is 5.73 Å². The lowest BCUT2D eigenvalue weighted by molar-refractivity contribution is 0.189. The molecule has 0 unspecified atom stereocenters. The highest BCUT2D eigenvalue weighted by molar-refractivity contribution is 7.98. The summed E-state index contributed by atoms with van der Waals surface area (Å²) in [7, 11) is 0. The maximum absolute atomic E-state index is 5.63. The molecule has 1 saturated heterocycles. The highest BCUT2D eigenvalue weighted by Gasteiger charge is 2.20. The molecule has 90 valence electrons. The number of hydrogen-bond acceptors (Lipinski definition) is 4. The van der Waals surface area contributed by atoms with Gasteiger partial charge in [-0.3, -0.25) is 4.68 Å². The highest BCUT2D eigenvalue weighted by atomic mass is 32.2. The average molecular weight is 240 g/mol. The quantitative estimate of drug-likeness (QED) is 0.865. The molecule has 0 aliphatic carbocycles. The Morgan fingerprint density at radius 1 is 1.50 bits per heavy atom. The Labute approximate surface area is 101 Å². The van der Waals surface area contributed by atoms with Gasteiger partial charge in [0.1, 0.15) is 5.82 Å². The molecule has 2 rings (SSSR count). The van der Waals surface area contributed by atoms with Crippen LogP contribution in [0, 0.1) is 0 Å². The van der Waals surface area contributed by atoms with Crippen molar-refractivity contribution in [2.75, 3.05) is 37.4 Å². The standard InChI is InChI=1S/C11H20N4S/c1-16-9-8-14-5-2-10(3-6-14)15-7-4-11(12)13-15/h4,7,10H,2-3,5-6,8-9H2,1H3,(H2,12,13). The summed E-state index contributed by atoms with van der Waals surface area (Å²) in [5.41, 5.74) is 5.63. The first-order chi connectivity index (χ1) is 7.79. The van der Waals surface area contributed by atoms with Gasteiger partial charge < -0.3 is 10.6 Å². The van der Waals surface area contributed by atoms with Crippen molar-refractivity contribution in [3.8, 4) is 0 Å². The summed E-state index contributed by atoms with van der Waals surface area (Å²) >= 11 is 1.92. The van der Waals surface area contributed by atoms with Crippen LogP contribution in [0.15, 0.2) is 12.3 Å². The van der Waals surface area contributed by atoms with E-state index >= 15 is 0 Å². The van der Waals surface area contributed by atoms with Crippen LogP contribution >= 0.6 is 11.8 Å². The minimum Gasteiger partial charge on any atom is -0.382 e. The highest BCUT2D eigenvalue weighted by Crippen LogP contribution is 2.22. The Morgan fingerprint density at radius 2 is 2.25 bits per heavy atom. The van der Waals surface area contributed by atoms with Gasteiger partial charge >= 0.3 is 0 Å². The third-order valence-electron chi connectivity index (χ3n) is 3.17. The van der Waals surface area contributed by atoms with Crippen LogP contribution in [-0.2, 0) is 0 Å². The largest absolute Gasteiger partial charge is 0.382 e. The fourth-order valence-electron chi connectivity index (χ4n) is 2.18. The fraction of sp³-hybridized carbons (Fsp3) is 0.727. The van der Waals surface area contributed by atoms with Crippen LogP contribution in [0.2, 0.25) is 0 Å². The second-order valence-corrected chi connectivity index (χ2v) is 5.27. The maximum Gasteiger partial charge on any atom is 0.145 e. The number of piperidine rings is 1. The molecule has 1 fully saturated rings. The molecule has 2 heterocycles. The van der Waals surface area contributed by atoms with Crippen LogP contribution in [0.5, 0.6) is 0 Å². The first-order valence-corrected chi connectivity index (χ1v) is 7.21. The molecular formula is C11H20N4S. The normalized spacial score (nSPS) is 19.1. The summed E-state index contributed by atoms with van der Waals surface area (Å²) < 4.78 is 2.03. The molecule has 1 aromatic rings. The molecule has 0 amide bonds. The lowest BCUT2D eigenvalue weighted by atomic mass is 10.1. The number of aromatic nitrogens is 2. The van der Waals surface area contributed by atoms with E-state index < -0.39 is 0 Å². The number of nitrogen functional groups attached to an aromatic ring is 1. The number of nitrogens with zero attached hydrogens (tertiary/aromatic N) is 3. The Bertz CT molecular complexity index is 318. The zero-order chi connectivity index (χ0) is 11.4. The summed E-state index contributed by atoms with van der Waals surface area (Å²) in [5, 5.41) is 4.29. The van der Waals surface area contributed by atoms with Gasteiger partial charge in [-0.2, -0.15) is 16.9 Å². The lowest BCUT2D eigenvalue weighted by Gasteiger charge is -2.31. The van der Waals surface area contributed by atoms with E-state index in [9.17, 15) is 0 Å². The summed E-state index contributed by atoms with van der Waals surface area (Å²) in [6.45, 7) is 3.59. The van der Waals surface area contributed by atoms with Gasteiger partial charge in [-0.25, -0.2) is 0 Å². The zero-order valence-electron chi connectivity index (χ0n) is 9.80. The molecular weight excluding hydrogens is 220 g/mol. The van der Waals surface area contributed by atoms with E-state index in [0.29, 0.717) is 11.9 Å². The van der Waals surface area contributed by atoms with E-state index in [1.54, 1.807) is 0 Å². The van der Waals surface area contributed by atoms with Crippen molar-refractivity contribution < 1.29 is 0 Å². The van der Waals surface area contributed by atoms with Crippen LogP contribution in [0.4, 0.5) is 5.82 Å². The monoisotopic (exact) mass is 240 g/mol. The average Bonchev–Trinajstić information content (AvgIpc) is 2.74. The summed E-state index contributed by atoms with van der Waals surface area (Å²) in [6, 6.07) is 2.42.